The number of nitrogens with one attached hydrogen (secondary N) is 1. The Morgan fingerprint density at radius 2 is 1.52 bits per heavy atom. The van der Waals surface area contributed by atoms with Gasteiger partial charge in [0, 0.05) is 5.56 Å². The van der Waals surface area contributed by atoms with Gasteiger partial charge in [-0.25, -0.2) is 8.93 Å². The molecule has 0 aliphatic rings. The summed E-state index contributed by atoms with van der Waals surface area (Å²) in [5.41, 5.74) is 4.36. The summed E-state index contributed by atoms with van der Waals surface area (Å²) >= 11 is 0. The summed E-state index contributed by atoms with van der Waals surface area (Å²) in [6.45, 7) is 5.90. The van der Waals surface area contributed by atoms with Crippen LogP contribution in [0.15, 0.2) is 72.8 Å². The third kappa shape index (κ3) is 5.96. The summed E-state index contributed by atoms with van der Waals surface area (Å²) in [7, 11) is 2.09. The van der Waals surface area contributed by atoms with Crippen molar-refractivity contribution in [3.8, 4) is 11.5 Å². The zero-order valence-corrected chi connectivity index (χ0v) is 19.7. The molecule has 3 aromatic rings. The van der Waals surface area contributed by atoms with Gasteiger partial charge >= 0.3 is 0 Å². The van der Waals surface area contributed by atoms with E-state index in [0.717, 1.165) is 34.6 Å². The number of benzene rings is 3. The Hall–Kier alpha value is -2.63. The molecule has 4 nitrogen and oxygen atoms in total. The first-order valence-corrected chi connectivity index (χ1v) is 11.5. The molecule has 5 heteroatoms. The molecular weight excluding hydrogens is 406 g/mol. The molecule has 3 rings (SSSR count). The van der Waals surface area contributed by atoms with Crippen molar-refractivity contribution in [3.05, 3.63) is 95.1 Å². The van der Waals surface area contributed by atoms with E-state index < -0.39 is 11.0 Å². The van der Waals surface area contributed by atoms with Crippen LogP contribution in [0.25, 0.3) is 0 Å². The second-order valence-electron chi connectivity index (χ2n) is 8.44. The molecule has 0 bridgehead atoms. The minimum absolute atomic E-state index is 0.257. The van der Waals surface area contributed by atoms with Crippen molar-refractivity contribution in [3.63, 3.8) is 0 Å². The molecule has 0 saturated heterocycles. The summed E-state index contributed by atoms with van der Waals surface area (Å²) in [5, 5.41) is 0. The molecular formula is C26H31NO3S. The average molecular weight is 438 g/mol. The Kier molecular flexibility index (Phi) is 7.52. The molecule has 0 radical (unpaired) electrons. The number of methoxy groups -OCH3 is 2. The highest BCUT2D eigenvalue weighted by Gasteiger charge is 2.26. The fraction of sp³-hybridized carbons (Fsp3) is 0.308. The number of hydrogen-bond donors (Lipinski definition) is 1. The third-order valence-electron chi connectivity index (χ3n) is 5.09. The van der Waals surface area contributed by atoms with Crippen molar-refractivity contribution < 1.29 is 13.7 Å². The van der Waals surface area contributed by atoms with Gasteiger partial charge in [0.15, 0.2) is 0 Å². The summed E-state index contributed by atoms with van der Waals surface area (Å²) in [5.74, 6) is 1.61. The molecule has 0 heterocycles. The Labute approximate surface area is 188 Å². The monoisotopic (exact) mass is 437 g/mol. The fourth-order valence-electron chi connectivity index (χ4n) is 3.34. The van der Waals surface area contributed by atoms with Crippen LogP contribution < -0.4 is 14.2 Å². The normalized spacial score (nSPS) is 13.5. The molecule has 0 fully saturated rings. The maximum absolute atomic E-state index is 13.0. The highest BCUT2D eigenvalue weighted by Crippen LogP contribution is 2.33. The minimum atomic E-state index is -1.25. The number of hydrogen-bond acceptors (Lipinski definition) is 3. The minimum Gasteiger partial charge on any atom is -0.497 e. The molecule has 0 aliphatic carbocycles. The Morgan fingerprint density at radius 3 is 2.10 bits per heavy atom. The summed E-state index contributed by atoms with van der Waals surface area (Å²) in [6.07, 6.45) is 0.783. The van der Waals surface area contributed by atoms with Crippen LogP contribution in [0.2, 0.25) is 0 Å². The molecule has 0 amide bonds. The summed E-state index contributed by atoms with van der Waals surface area (Å²) < 4.78 is 26.9. The second kappa shape index (κ2) is 10.1. The average Bonchev–Trinajstić information content (AvgIpc) is 2.77. The number of ether oxygens (including phenoxy) is 2. The van der Waals surface area contributed by atoms with Crippen LogP contribution in [0.3, 0.4) is 0 Å². The molecule has 3 aromatic carbocycles. The third-order valence-corrected chi connectivity index (χ3v) is 6.65. The molecule has 1 N–H and O–H groups in total. The van der Waals surface area contributed by atoms with Crippen molar-refractivity contribution in [2.24, 2.45) is 0 Å². The van der Waals surface area contributed by atoms with Crippen LogP contribution in [0, 0.1) is 0 Å². The Bertz CT molecular complexity index is 1010. The lowest BCUT2D eigenvalue weighted by molar-refractivity contribution is 0.406. The van der Waals surface area contributed by atoms with Crippen LogP contribution in [-0.2, 0) is 17.4 Å². The van der Waals surface area contributed by atoms with Crippen molar-refractivity contribution in [2.45, 2.75) is 38.0 Å². The lowest BCUT2D eigenvalue weighted by Crippen LogP contribution is -2.36. The van der Waals surface area contributed by atoms with Gasteiger partial charge in [0.25, 0.3) is 0 Å². The maximum atomic E-state index is 13.0. The lowest BCUT2D eigenvalue weighted by Gasteiger charge is -2.26. The van der Waals surface area contributed by atoms with Gasteiger partial charge in [-0.3, -0.25) is 0 Å². The first kappa shape index (κ1) is 23.0. The van der Waals surface area contributed by atoms with Gasteiger partial charge < -0.3 is 9.47 Å². The Morgan fingerprint density at radius 1 is 0.871 bits per heavy atom. The van der Waals surface area contributed by atoms with Gasteiger partial charge in [0.2, 0.25) is 0 Å². The fourth-order valence-corrected chi connectivity index (χ4v) is 4.17. The van der Waals surface area contributed by atoms with Gasteiger partial charge in [-0.15, -0.1) is 0 Å². The first-order valence-electron chi connectivity index (χ1n) is 10.3. The first-order chi connectivity index (χ1) is 14.8. The molecule has 164 valence electrons. The van der Waals surface area contributed by atoms with E-state index in [-0.39, 0.29) is 10.8 Å². The SMILES string of the molecule is COc1ccc(Cc2ccc(OC)c([C@@H](N[S@](=O)C(C)(C)C)c3ccccc3)c2)cc1. The van der Waals surface area contributed by atoms with E-state index >= 15 is 0 Å². The van der Waals surface area contributed by atoms with Gasteiger partial charge in [0.1, 0.15) is 11.5 Å². The largest absolute Gasteiger partial charge is 0.497 e. The van der Waals surface area contributed by atoms with E-state index in [1.54, 1.807) is 14.2 Å². The molecule has 0 aromatic heterocycles. The van der Waals surface area contributed by atoms with E-state index in [0.29, 0.717) is 0 Å². The van der Waals surface area contributed by atoms with Crippen LogP contribution in [0.4, 0.5) is 0 Å². The van der Waals surface area contributed by atoms with E-state index in [1.165, 1.54) is 5.56 Å². The molecule has 0 saturated carbocycles. The van der Waals surface area contributed by atoms with E-state index in [4.69, 9.17) is 9.47 Å². The smallest absolute Gasteiger partial charge is 0.124 e. The van der Waals surface area contributed by atoms with Gasteiger partial charge in [0.05, 0.1) is 36.0 Å². The predicted molar refractivity (Wildman–Crippen MR) is 128 cm³/mol. The van der Waals surface area contributed by atoms with Crippen molar-refractivity contribution >= 4 is 11.0 Å². The van der Waals surface area contributed by atoms with Gasteiger partial charge in [-0.05, 0) is 68.1 Å². The molecule has 2 atom stereocenters. The molecule has 0 unspecified atom stereocenters. The van der Waals surface area contributed by atoms with Crippen LogP contribution in [0.5, 0.6) is 11.5 Å². The predicted octanol–water partition coefficient (Wildman–Crippen LogP) is 5.44. The number of rotatable bonds is 8. The van der Waals surface area contributed by atoms with Crippen molar-refractivity contribution in [2.75, 3.05) is 14.2 Å². The quantitative estimate of drug-likeness (QED) is 0.511. The second-order valence-corrected chi connectivity index (χ2v) is 10.4. The molecule has 31 heavy (non-hydrogen) atoms. The van der Waals surface area contributed by atoms with Crippen LogP contribution in [-0.4, -0.2) is 23.2 Å². The highest BCUT2D eigenvalue weighted by atomic mass is 32.2. The van der Waals surface area contributed by atoms with Gasteiger partial charge in [-0.1, -0.05) is 48.5 Å². The standard InChI is InChI=1S/C26H31NO3S/c1-26(2,3)31(28)27-25(21-9-7-6-8-10-21)23-18-20(13-16-24(23)30-5)17-19-11-14-22(29-4)15-12-19/h6-16,18,25,27H,17H2,1-5H3/t25-,31+/m0/s1. The summed E-state index contributed by atoms with van der Waals surface area (Å²) in [4.78, 5) is 0. The van der Waals surface area contributed by atoms with Crippen molar-refractivity contribution in [1.29, 1.82) is 0 Å². The van der Waals surface area contributed by atoms with Crippen LogP contribution in [0.1, 0.15) is 49.1 Å². The lowest BCUT2D eigenvalue weighted by atomic mass is 9.95. The van der Waals surface area contributed by atoms with Gasteiger partial charge in [-0.2, -0.15) is 0 Å². The zero-order chi connectivity index (χ0) is 22.4. The molecule has 0 spiro atoms. The zero-order valence-electron chi connectivity index (χ0n) is 18.8. The highest BCUT2D eigenvalue weighted by molar-refractivity contribution is 7.84. The molecule has 0 aliphatic heterocycles. The maximum Gasteiger partial charge on any atom is 0.124 e. The van der Waals surface area contributed by atoms with E-state index in [9.17, 15) is 4.21 Å². The van der Waals surface area contributed by atoms with Crippen molar-refractivity contribution in [1.82, 2.24) is 4.72 Å². The van der Waals surface area contributed by atoms with Crippen LogP contribution >= 0.6 is 0 Å². The summed E-state index contributed by atoms with van der Waals surface area (Å²) in [6, 6.07) is 24.1. The topological polar surface area (TPSA) is 47.6 Å². The van der Waals surface area contributed by atoms with E-state index in [1.807, 2.05) is 69.3 Å². The Balaban J connectivity index is 2.00. The van der Waals surface area contributed by atoms with E-state index in [2.05, 4.69) is 29.0 Å².